The molecule has 1 aromatic heterocycles. The van der Waals surface area contributed by atoms with Crippen LogP contribution in [0.4, 0.5) is 0 Å². The van der Waals surface area contributed by atoms with Gasteiger partial charge >= 0.3 is 5.89 Å². The van der Waals surface area contributed by atoms with Gasteiger partial charge in [-0.2, -0.15) is 4.57 Å². The molecule has 1 heterocycles. The first kappa shape index (κ1) is 22.1. The molecule has 0 aliphatic rings. The zero-order valence-electron chi connectivity index (χ0n) is 15.8. The molecule has 0 fully saturated rings. The molecule has 0 spiro atoms. The van der Waals surface area contributed by atoms with Gasteiger partial charge in [0.15, 0.2) is 6.54 Å². The number of unbranched alkanes of at least 4 members (excludes halogenated alkanes) is 1. The Labute approximate surface area is 175 Å². The Morgan fingerprint density at radius 3 is 2.46 bits per heavy atom. The lowest BCUT2D eigenvalue weighted by Gasteiger charge is -2.03. The summed E-state index contributed by atoms with van der Waals surface area (Å²) >= 11 is 0. The molecule has 6 nitrogen and oxygen atoms in total. The van der Waals surface area contributed by atoms with Gasteiger partial charge in [-0.15, -0.1) is 0 Å². The number of carbonyl (C=O) groups excluding carboxylic acids is 1. The van der Waals surface area contributed by atoms with E-state index < -0.39 is 15.9 Å². The van der Waals surface area contributed by atoms with Gasteiger partial charge in [0.2, 0.25) is 21.5 Å². The van der Waals surface area contributed by atoms with Crippen molar-refractivity contribution in [1.29, 1.82) is 0 Å². The monoisotopic (exact) mass is 466 g/mol. The molecule has 0 atom stereocenters. The Kier molecular flexibility index (Phi) is 7.37. The van der Waals surface area contributed by atoms with E-state index in [0.717, 1.165) is 28.1 Å². The van der Waals surface area contributed by atoms with E-state index in [1.54, 1.807) is 0 Å². The second kappa shape index (κ2) is 9.34. The van der Waals surface area contributed by atoms with Crippen LogP contribution in [0.25, 0.3) is 22.2 Å². The Bertz CT molecular complexity index is 1060. The number of amides is 1. The minimum atomic E-state index is -3.55. The molecule has 3 rings (SSSR count). The maximum Gasteiger partial charge on any atom is 0.344 e. The van der Waals surface area contributed by atoms with Crippen molar-refractivity contribution in [2.75, 3.05) is 5.75 Å². The van der Waals surface area contributed by atoms with Gasteiger partial charge < -0.3 is 21.4 Å². The molecule has 0 aliphatic carbocycles. The third-order valence-electron chi connectivity index (χ3n) is 4.34. The lowest BCUT2D eigenvalue weighted by Crippen LogP contribution is -3.00. The Morgan fingerprint density at radius 2 is 1.79 bits per heavy atom. The van der Waals surface area contributed by atoms with Crippen LogP contribution in [0.5, 0.6) is 0 Å². The fourth-order valence-corrected chi connectivity index (χ4v) is 4.24. The molecule has 1 amide bonds. The van der Waals surface area contributed by atoms with E-state index in [2.05, 4.69) is 22.8 Å². The summed E-state index contributed by atoms with van der Waals surface area (Å²) in [6.07, 6.45) is 1.12. The summed E-state index contributed by atoms with van der Waals surface area (Å²) in [6.45, 7) is 3.74. The molecule has 0 unspecified atom stereocenters. The molecule has 1 N–H and O–H groups in total. The minimum absolute atomic E-state index is 0. The largest absolute Gasteiger partial charge is 1.00 e. The van der Waals surface area contributed by atoms with E-state index in [1.165, 1.54) is 6.92 Å². The quantitative estimate of drug-likeness (QED) is 0.390. The van der Waals surface area contributed by atoms with Gasteiger partial charge in [-0.3, -0.25) is 9.52 Å². The number of hydrogen-bond donors (Lipinski definition) is 1. The fraction of sp³-hybridized carbons (Fsp3) is 0.300. The van der Waals surface area contributed by atoms with Gasteiger partial charge in [0.1, 0.15) is 0 Å². The van der Waals surface area contributed by atoms with Crippen LogP contribution in [-0.4, -0.2) is 20.1 Å². The van der Waals surface area contributed by atoms with Crippen LogP contribution in [0.3, 0.4) is 0 Å². The van der Waals surface area contributed by atoms with E-state index in [-0.39, 0.29) is 22.7 Å². The van der Waals surface area contributed by atoms with Crippen molar-refractivity contribution in [1.82, 2.24) is 4.72 Å². The first-order valence-corrected chi connectivity index (χ1v) is 10.5. The molecule has 8 heteroatoms. The van der Waals surface area contributed by atoms with Crippen LogP contribution in [0, 0.1) is 6.92 Å². The van der Waals surface area contributed by atoms with Crippen LogP contribution < -0.4 is 26.3 Å². The molecule has 0 radical (unpaired) electrons. The number of halogens is 1. The smallest absolute Gasteiger partial charge is 0.344 e. The van der Waals surface area contributed by atoms with Gasteiger partial charge in [0, 0.05) is 19.4 Å². The number of aryl methyl sites for hydroxylation is 2. The second-order valence-corrected chi connectivity index (χ2v) is 8.35. The summed E-state index contributed by atoms with van der Waals surface area (Å²) in [5, 5.41) is 0. The van der Waals surface area contributed by atoms with Crippen LogP contribution in [0.15, 0.2) is 52.9 Å². The maximum absolute atomic E-state index is 11.7. The van der Waals surface area contributed by atoms with Gasteiger partial charge in [0.25, 0.3) is 5.52 Å². The molecule has 0 saturated carbocycles. The average molecular weight is 467 g/mol. The third kappa shape index (κ3) is 5.42. The van der Waals surface area contributed by atoms with E-state index in [0.29, 0.717) is 19.4 Å². The van der Waals surface area contributed by atoms with Crippen LogP contribution >= 0.6 is 0 Å². The van der Waals surface area contributed by atoms with E-state index in [9.17, 15) is 13.2 Å². The minimum Gasteiger partial charge on any atom is -1.00 e. The van der Waals surface area contributed by atoms with Crippen LogP contribution in [-0.2, 0) is 21.4 Å². The number of rotatable bonds is 7. The van der Waals surface area contributed by atoms with Crippen LogP contribution in [0.2, 0.25) is 0 Å². The normalized spacial score (nSPS) is 11.2. The van der Waals surface area contributed by atoms with Crippen molar-refractivity contribution in [3.63, 3.8) is 0 Å². The standard InChI is InChI=1S/C20H22N2O4S.BrH/c1-15(23)21-27(24,25)13-7-6-12-22-16(2)26-20-11-10-18(14-19(20)22)17-8-4-3-5-9-17;/h3-5,8-11,14H,6-7,12-13H2,1-2H3;1H. The van der Waals surface area contributed by atoms with Crippen molar-refractivity contribution in [3.8, 4) is 11.1 Å². The predicted octanol–water partition coefficient (Wildman–Crippen LogP) is -0.0542. The Hall–Kier alpha value is -2.19. The first-order chi connectivity index (χ1) is 12.9. The second-order valence-electron chi connectivity index (χ2n) is 6.51. The lowest BCUT2D eigenvalue weighted by atomic mass is 10.1. The summed E-state index contributed by atoms with van der Waals surface area (Å²) < 4.78 is 33.3. The highest BCUT2D eigenvalue weighted by Gasteiger charge is 2.20. The van der Waals surface area contributed by atoms with Gasteiger partial charge in [0.05, 0.1) is 12.7 Å². The van der Waals surface area contributed by atoms with E-state index >= 15 is 0 Å². The molecule has 0 aliphatic heterocycles. The maximum atomic E-state index is 11.7. The highest BCUT2D eigenvalue weighted by Crippen LogP contribution is 2.24. The van der Waals surface area contributed by atoms with Crippen LogP contribution in [0.1, 0.15) is 25.7 Å². The number of oxazole rings is 1. The molecule has 0 saturated heterocycles. The number of sulfonamides is 1. The van der Waals surface area contributed by atoms with Crippen molar-refractivity contribution >= 4 is 27.0 Å². The van der Waals surface area contributed by atoms with E-state index in [1.807, 2.05) is 42.0 Å². The highest BCUT2D eigenvalue weighted by molar-refractivity contribution is 7.90. The van der Waals surface area contributed by atoms with Gasteiger partial charge in [-0.1, -0.05) is 36.4 Å². The molecule has 2 aromatic carbocycles. The first-order valence-electron chi connectivity index (χ1n) is 8.85. The molecular weight excluding hydrogens is 444 g/mol. The summed E-state index contributed by atoms with van der Waals surface area (Å²) in [6, 6.07) is 16.2. The molecular formula is C20H23BrN2O4S. The fourth-order valence-electron chi connectivity index (χ4n) is 3.12. The molecule has 150 valence electrons. The predicted molar refractivity (Wildman–Crippen MR) is 103 cm³/mol. The summed E-state index contributed by atoms with van der Waals surface area (Å²) in [5.74, 6) is 0.145. The summed E-state index contributed by atoms with van der Waals surface area (Å²) in [7, 11) is -3.55. The topological polar surface area (TPSA) is 80.3 Å². The number of nitrogens with zero attached hydrogens (tertiary/aromatic N) is 1. The summed E-state index contributed by atoms with van der Waals surface area (Å²) in [4.78, 5) is 10.9. The van der Waals surface area contributed by atoms with Gasteiger partial charge in [-0.25, -0.2) is 8.42 Å². The third-order valence-corrected chi connectivity index (χ3v) is 5.76. The lowest BCUT2D eigenvalue weighted by molar-refractivity contribution is -0.683. The number of benzene rings is 2. The zero-order chi connectivity index (χ0) is 19.4. The van der Waals surface area contributed by atoms with Crippen molar-refractivity contribution < 1.29 is 39.2 Å². The number of hydrogen-bond acceptors (Lipinski definition) is 4. The Balaban J connectivity index is 0.00000280. The van der Waals surface area contributed by atoms with Gasteiger partial charge in [-0.05, 0) is 23.6 Å². The van der Waals surface area contributed by atoms with Crippen molar-refractivity contribution in [3.05, 3.63) is 54.4 Å². The number of nitrogens with one attached hydrogen (secondary N) is 1. The molecule has 28 heavy (non-hydrogen) atoms. The van der Waals surface area contributed by atoms with Crippen molar-refractivity contribution in [2.24, 2.45) is 0 Å². The number of fused-ring (bicyclic) bond motifs is 1. The zero-order valence-corrected chi connectivity index (χ0v) is 18.2. The summed E-state index contributed by atoms with van der Waals surface area (Å²) in [5.41, 5.74) is 4.02. The van der Waals surface area contributed by atoms with Crippen molar-refractivity contribution in [2.45, 2.75) is 33.2 Å². The van der Waals surface area contributed by atoms with E-state index in [4.69, 9.17) is 4.42 Å². The highest BCUT2D eigenvalue weighted by atomic mass is 79.9. The average Bonchev–Trinajstić information content (AvgIpc) is 2.93. The molecule has 3 aromatic rings. The Morgan fingerprint density at radius 1 is 1.07 bits per heavy atom. The molecule has 0 bridgehead atoms. The SMILES string of the molecule is CC(=O)NS(=O)(=O)CCCC[n+]1c(C)oc2ccc(-c3ccccc3)cc21.[Br-]. The number of aromatic nitrogens is 1. The number of carbonyl (C=O) groups is 1.